The van der Waals surface area contributed by atoms with Crippen LogP contribution >= 0.6 is 0 Å². The van der Waals surface area contributed by atoms with Crippen LogP contribution in [0.1, 0.15) is 22.8 Å². The first kappa shape index (κ1) is 20.7. The highest BCUT2D eigenvalue weighted by Crippen LogP contribution is 2.24. The van der Waals surface area contributed by atoms with E-state index in [4.69, 9.17) is 5.10 Å². The van der Waals surface area contributed by atoms with Crippen molar-refractivity contribution in [3.63, 3.8) is 0 Å². The Morgan fingerprint density at radius 2 is 1.52 bits per heavy atom. The maximum Gasteiger partial charge on any atom is 0.240 e. The summed E-state index contributed by atoms with van der Waals surface area (Å²) < 4.78 is 30.0. The molecule has 6 nitrogen and oxygen atoms in total. The number of ketones is 1. The fourth-order valence-electron chi connectivity index (χ4n) is 3.22. The molecule has 0 atom stereocenters. The van der Waals surface area contributed by atoms with Crippen molar-refractivity contribution in [2.24, 2.45) is 0 Å². The molecule has 0 spiro atoms. The predicted octanol–water partition coefficient (Wildman–Crippen LogP) is 4.22. The van der Waals surface area contributed by atoms with Gasteiger partial charge in [0, 0.05) is 29.4 Å². The number of benzene rings is 3. The highest BCUT2D eigenvalue weighted by atomic mass is 32.2. The third-order valence-corrected chi connectivity index (χ3v) is 6.30. The van der Waals surface area contributed by atoms with Gasteiger partial charge in [-0.2, -0.15) is 5.10 Å². The molecule has 4 aromatic rings. The number of sulfonamides is 1. The van der Waals surface area contributed by atoms with Crippen LogP contribution in [0.3, 0.4) is 0 Å². The van der Waals surface area contributed by atoms with E-state index < -0.39 is 10.0 Å². The van der Waals surface area contributed by atoms with E-state index in [1.807, 2.05) is 66.9 Å². The van der Waals surface area contributed by atoms with Crippen LogP contribution in [0, 0.1) is 0 Å². The van der Waals surface area contributed by atoms with Crippen LogP contribution in [0.5, 0.6) is 0 Å². The number of nitrogens with one attached hydrogen (secondary N) is 1. The number of para-hydroxylation sites is 1. The molecule has 0 saturated heterocycles. The van der Waals surface area contributed by atoms with E-state index >= 15 is 0 Å². The van der Waals surface area contributed by atoms with Gasteiger partial charge in [-0.15, -0.1) is 0 Å². The van der Waals surface area contributed by atoms with E-state index in [1.54, 1.807) is 4.68 Å². The molecule has 0 radical (unpaired) electrons. The van der Waals surface area contributed by atoms with Crippen molar-refractivity contribution >= 4 is 15.8 Å². The molecule has 1 N–H and O–H groups in total. The summed E-state index contributed by atoms with van der Waals surface area (Å²) in [5, 5.41) is 4.70. The lowest BCUT2D eigenvalue weighted by Gasteiger charge is -2.07. The van der Waals surface area contributed by atoms with Crippen molar-refractivity contribution in [3.8, 4) is 16.9 Å². The lowest BCUT2D eigenvalue weighted by atomic mass is 10.1. The Labute approximate surface area is 181 Å². The molecule has 0 saturated carbocycles. The number of hydrogen-bond acceptors (Lipinski definition) is 4. The summed E-state index contributed by atoms with van der Waals surface area (Å²) in [6.07, 6.45) is 1.83. The number of aromatic nitrogens is 2. The highest BCUT2D eigenvalue weighted by molar-refractivity contribution is 7.89. The van der Waals surface area contributed by atoms with Crippen LogP contribution in [0.15, 0.2) is 96.0 Å². The molecule has 0 bridgehead atoms. The van der Waals surface area contributed by atoms with Crippen molar-refractivity contribution < 1.29 is 13.2 Å². The summed E-state index contributed by atoms with van der Waals surface area (Å²) in [6.45, 7) is 1.52. The predicted molar refractivity (Wildman–Crippen MR) is 119 cm³/mol. The lowest BCUT2D eigenvalue weighted by molar-refractivity contribution is 0.101. The summed E-state index contributed by atoms with van der Waals surface area (Å²) in [6, 6.07) is 25.2. The van der Waals surface area contributed by atoms with Gasteiger partial charge in [0.15, 0.2) is 5.78 Å². The largest absolute Gasteiger partial charge is 0.295 e. The highest BCUT2D eigenvalue weighted by Gasteiger charge is 2.18. The second-order valence-electron chi connectivity index (χ2n) is 7.05. The number of rotatable bonds is 7. The van der Waals surface area contributed by atoms with Crippen LogP contribution in [-0.2, 0) is 16.6 Å². The fraction of sp³-hybridized carbons (Fsp3) is 0.0833. The molecule has 0 aliphatic carbocycles. The molecular weight excluding hydrogens is 410 g/mol. The second kappa shape index (κ2) is 8.67. The van der Waals surface area contributed by atoms with Crippen LogP contribution in [0.2, 0.25) is 0 Å². The number of Topliss-reactive ketones (excluding diaryl/α,β-unsaturated/α-hetero) is 1. The summed E-state index contributed by atoms with van der Waals surface area (Å²) >= 11 is 0. The molecule has 0 fully saturated rings. The third-order valence-electron chi connectivity index (χ3n) is 4.88. The smallest absolute Gasteiger partial charge is 0.240 e. The van der Waals surface area contributed by atoms with Gasteiger partial charge in [-0.25, -0.2) is 17.8 Å². The summed E-state index contributed by atoms with van der Waals surface area (Å²) in [5.41, 5.74) is 3.71. The van der Waals surface area contributed by atoms with E-state index in [0.29, 0.717) is 11.3 Å². The van der Waals surface area contributed by atoms with Gasteiger partial charge in [-0.3, -0.25) is 4.79 Å². The molecule has 1 aromatic heterocycles. The molecule has 3 aromatic carbocycles. The van der Waals surface area contributed by atoms with Gasteiger partial charge in [-0.05, 0) is 31.2 Å². The van der Waals surface area contributed by atoms with Crippen molar-refractivity contribution in [3.05, 3.63) is 102 Å². The fourth-order valence-corrected chi connectivity index (χ4v) is 4.22. The molecule has 0 aliphatic rings. The normalized spacial score (nSPS) is 11.4. The van der Waals surface area contributed by atoms with Gasteiger partial charge < -0.3 is 0 Å². The molecule has 7 heteroatoms. The van der Waals surface area contributed by atoms with Crippen LogP contribution in [0.4, 0.5) is 0 Å². The van der Waals surface area contributed by atoms with E-state index in [1.165, 1.54) is 31.2 Å². The first-order valence-corrected chi connectivity index (χ1v) is 11.2. The Morgan fingerprint density at radius 1 is 0.903 bits per heavy atom. The van der Waals surface area contributed by atoms with Crippen LogP contribution in [-0.4, -0.2) is 24.0 Å². The van der Waals surface area contributed by atoms with Gasteiger partial charge in [-0.1, -0.05) is 60.7 Å². The van der Waals surface area contributed by atoms with Gasteiger partial charge >= 0.3 is 0 Å². The van der Waals surface area contributed by atoms with Gasteiger partial charge in [0.2, 0.25) is 10.0 Å². The van der Waals surface area contributed by atoms with Crippen molar-refractivity contribution in [1.82, 2.24) is 14.5 Å². The van der Waals surface area contributed by atoms with Crippen molar-refractivity contribution in [1.29, 1.82) is 0 Å². The first-order valence-electron chi connectivity index (χ1n) is 9.74. The number of hydrogen-bond donors (Lipinski definition) is 1. The van der Waals surface area contributed by atoms with Crippen molar-refractivity contribution in [2.75, 3.05) is 0 Å². The van der Waals surface area contributed by atoms with Crippen LogP contribution < -0.4 is 4.72 Å². The topological polar surface area (TPSA) is 81.1 Å². The monoisotopic (exact) mass is 431 g/mol. The van der Waals surface area contributed by atoms with Crippen molar-refractivity contribution in [2.45, 2.75) is 18.4 Å². The van der Waals surface area contributed by atoms with E-state index in [9.17, 15) is 13.2 Å². The van der Waals surface area contributed by atoms with E-state index in [2.05, 4.69) is 4.72 Å². The van der Waals surface area contributed by atoms with Gasteiger partial charge in [0.25, 0.3) is 0 Å². The number of carbonyl (C=O) groups excluding carboxylic acids is 1. The zero-order valence-corrected chi connectivity index (χ0v) is 17.7. The third kappa shape index (κ3) is 4.63. The summed E-state index contributed by atoms with van der Waals surface area (Å²) in [7, 11) is -3.75. The molecule has 4 rings (SSSR count). The quantitative estimate of drug-likeness (QED) is 0.444. The molecular formula is C24H21N3O3S. The molecule has 31 heavy (non-hydrogen) atoms. The molecule has 0 aliphatic heterocycles. The Bertz CT molecular complexity index is 1300. The maximum absolute atomic E-state index is 12.8. The Morgan fingerprint density at radius 3 is 2.13 bits per heavy atom. The minimum atomic E-state index is -3.75. The van der Waals surface area contributed by atoms with E-state index in [0.717, 1.165) is 16.8 Å². The molecule has 156 valence electrons. The summed E-state index contributed by atoms with van der Waals surface area (Å²) in [4.78, 5) is 11.5. The molecule has 0 amide bonds. The standard InChI is InChI=1S/C24H21N3O3S/c1-18(28)19-12-14-23(15-13-19)31(29,30)25-16-21-17-27(22-10-6-3-7-11-22)26-24(21)20-8-4-2-5-9-20/h2-15,17,25H,16H2,1H3. The maximum atomic E-state index is 12.8. The van der Waals surface area contributed by atoms with Crippen LogP contribution in [0.25, 0.3) is 16.9 Å². The average molecular weight is 432 g/mol. The summed E-state index contributed by atoms with van der Waals surface area (Å²) in [5.74, 6) is -0.113. The average Bonchev–Trinajstić information content (AvgIpc) is 3.23. The number of nitrogens with zero attached hydrogens (tertiary/aromatic N) is 2. The minimum Gasteiger partial charge on any atom is -0.295 e. The SMILES string of the molecule is CC(=O)c1ccc(S(=O)(=O)NCc2cn(-c3ccccc3)nc2-c2ccccc2)cc1. The second-order valence-corrected chi connectivity index (χ2v) is 8.82. The minimum absolute atomic E-state index is 0.0772. The van der Waals surface area contributed by atoms with E-state index in [-0.39, 0.29) is 17.2 Å². The zero-order valence-electron chi connectivity index (χ0n) is 16.9. The number of carbonyl (C=O) groups is 1. The Hall–Kier alpha value is -3.55. The Balaban J connectivity index is 1.64. The van der Waals surface area contributed by atoms with Gasteiger partial charge in [0.05, 0.1) is 16.3 Å². The Kier molecular flexibility index (Phi) is 5.79. The van der Waals surface area contributed by atoms with Gasteiger partial charge in [0.1, 0.15) is 0 Å². The first-order chi connectivity index (χ1) is 14.9. The lowest BCUT2D eigenvalue weighted by Crippen LogP contribution is -2.23. The molecule has 1 heterocycles. The molecule has 0 unspecified atom stereocenters. The zero-order chi connectivity index (χ0) is 21.8.